The molecule has 1 aromatic carbocycles. The lowest BCUT2D eigenvalue weighted by atomic mass is 10.1. The molecular formula is C13H17Cl2NO3. The Balaban J connectivity index is 2.81. The van der Waals surface area contributed by atoms with Gasteiger partial charge in [0.1, 0.15) is 5.75 Å². The normalized spacial score (nSPS) is 12.0. The number of ether oxygens (including phenoxy) is 2. The highest BCUT2D eigenvalue weighted by atomic mass is 35.5. The van der Waals surface area contributed by atoms with Gasteiger partial charge in [-0.1, -0.05) is 11.6 Å². The third-order valence-corrected chi connectivity index (χ3v) is 3.02. The van der Waals surface area contributed by atoms with Gasteiger partial charge in [0.15, 0.2) is 0 Å². The lowest BCUT2D eigenvalue weighted by Gasteiger charge is -2.17. The monoisotopic (exact) mass is 305 g/mol. The van der Waals surface area contributed by atoms with E-state index >= 15 is 0 Å². The molecule has 19 heavy (non-hydrogen) atoms. The number of carbonyl (C=O) groups excluding carboxylic acids is 1. The van der Waals surface area contributed by atoms with Crippen LogP contribution in [0.4, 0.5) is 0 Å². The fourth-order valence-electron chi connectivity index (χ4n) is 1.65. The second-order valence-electron chi connectivity index (χ2n) is 3.95. The maximum Gasteiger partial charge on any atom is 0.255 e. The van der Waals surface area contributed by atoms with Gasteiger partial charge in [-0.25, -0.2) is 0 Å². The van der Waals surface area contributed by atoms with E-state index in [9.17, 15) is 4.79 Å². The minimum atomic E-state index is -0.235. The molecule has 1 N–H and O–H groups in total. The zero-order valence-electron chi connectivity index (χ0n) is 10.9. The van der Waals surface area contributed by atoms with Gasteiger partial charge in [0.25, 0.3) is 5.91 Å². The zero-order valence-corrected chi connectivity index (χ0v) is 12.4. The third kappa shape index (κ3) is 4.90. The first kappa shape index (κ1) is 16.1. The fourth-order valence-corrected chi connectivity index (χ4v) is 2.07. The number of rotatable bonds is 7. The van der Waals surface area contributed by atoms with E-state index in [1.165, 1.54) is 7.11 Å². The molecule has 1 rings (SSSR count). The number of hydrogen-bond donors (Lipinski definition) is 1. The average molecular weight is 306 g/mol. The standard InChI is InChI=1S/C13H17Cl2NO3/c1-18-8-10(5-6-14)16-13(17)11-4-3-9(15)7-12(11)19-2/h3-4,7,10H,5-6,8H2,1-2H3,(H,16,17). The van der Waals surface area contributed by atoms with Gasteiger partial charge < -0.3 is 14.8 Å². The van der Waals surface area contributed by atoms with E-state index in [2.05, 4.69) is 5.32 Å². The van der Waals surface area contributed by atoms with Crippen molar-refractivity contribution in [1.29, 1.82) is 0 Å². The number of halogens is 2. The van der Waals surface area contributed by atoms with Crippen LogP contribution in [0.2, 0.25) is 5.02 Å². The molecule has 1 aromatic rings. The second kappa shape index (κ2) is 8.25. The van der Waals surface area contributed by atoms with Crippen LogP contribution in [0.1, 0.15) is 16.8 Å². The summed E-state index contributed by atoms with van der Waals surface area (Å²) in [6, 6.07) is 4.74. The Kier molecular flexibility index (Phi) is 6.99. The van der Waals surface area contributed by atoms with E-state index in [1.807, 2.05) is 0 Å². The van der Waals surface area contributed by atoms with Crippen LogP contribution in [0.5, 0.6) is 5.75 Å². The van der Waals surface area contributed by atoms with Gasteiger partial charge >= 0.3 is 0 Å². The molecule has 1 atom stereocenters. The molecule has 0 heterocycles. The molecule has 0 saturated heterocycles. The van der Waals surface area contributed by atoms with E-state index in [0.29, 0.717) is 35.2 Å². The van der Waals surface area contributed by atoms with Crippen LogP contribution in [0.25, 0.3) is 0 Å². The fraction of sp³-hybridized carbons (Fsp3) is 0.462. The number of carbonyl (C=O) groups is 1. The van der Waals surface area contributed by atoms with Crippen LogP contribution in [0.3, 0.4) is 0 Å². The van der Waals surface area contributed by atoms with Crippen LogP contribution in [0, 0.1) is 0 Å². The number of alkyl halides is 1. The first-order valence-electron chi connectivity index (χ1n) is 5.81. The van der Waals surface area contributed by atoms with E-state index in [-0.39, 0.29) is 11.9 Å². The van der Waals surface area contributed by atoms with Crippen LogP contribution in [-0.2, 0) is 4.74 Å². The summed E-state index contributed by atoms with van der Waals surface area (Å²) >= 11 is 11.5. The molecule has 0 aliphatic heterocycles. The van der Waals surface area contributed by atoms with Crippen molar-refractivity contribution in [1.82, 2.24) is 5.32 Å². The van der Waals surface area contributed by atoms with Gasteiger partial charge in [-0.15, -0.1) is 11.6 Å². The summed E-state index contributed by atoms with van der Waals surface area (Å²) in [5.74, 6) is 0.652. The predicted octanol–water partition coefficient (Wildman–Crippen LogP) is 2.72. The third-order valence-electron chi connectivity index (χ3n) is 2.57. The SMILES string of the molecule is COCC(CCCl)NC(=O)c1ccc(Cl)cc1OC. The van der Waals surface area contributed by atoms with Gasteiger partial charge in [-0.2, -0.15) is 0 Å². The van der Waals surface area contributed by atoms with E-state index in [4.69, 9.17) is 32.7 Å². The molecule has 1 amide bonds. The van der Waals surface area contributed by atoms with Crippen molar-refractivity contribution in [3.8, 4) is 5.75 Å². The maximum absolute atomic E-state index is 12.2. The Bertz CT molecular complexity index is 420. The molecule has 0 fully saturated rings. The van der Waals surface area contributed by atoms with Crippen molar-refractivity contribution in [3.63, 3.8) is 0 Å². The van der Waals surface area contributed by atoms with Crippen molar-refractivity contribution in [3.05, 3.63) is 28.8 Å². The predicted molar refractivity (Wildman–Crippen MR) is 76.5 cm³/mol. The van der Waals surface area contributed by atoms with Gasteiger partial charge in [0, 0.05) is 18.0 Å². The Labute approximate surface area is 123 Å². The number of amides is 1. The highest BCUT2D eigenvalue weighted by Gasteiger charge is 2.17. The summed E-state index contributed by atoms with van der Waals surface area (Å²) in [4.78, 5) is 12.2. The number of methoxy groups -OCH3 is 2. The maximum atomic E-state index is 12.2. The molecule has 6 heteroatoms. The van der Waals surface area contributed by atoms with Crippen molar-refractivity contribution >= 4 is 29.1 Å². The summed E-state index contributed by atoms with van der Waals surface area (Å²) in [6.07, 6.45) is 0.636. The van der Waals surface area contributed by atoms with Crippen LogP contribution in [0.15, 0.2) is 18.2 Å². The quantitative estimate of drug-likeness (QED) is 0.788. The molecule has 106 valence electrons. The Morgan fingerprint density at radius 2 is 2.16 bits per heavy atom. The molecule has 1 unspecified atom stereocenters. The molecule has 0 bridgehead atoms. The van der Waals surface area contributed by atoms with Crippen LogP contribution < -0.4 is 10.1 Å². The molecule has 0 radical (unpaired) electrons. The lowest BCUT2D eigenvalue weighted by Crippen LogP contribution is -2.38. The summed E-state index contributed by atoms with van der Waals surface area (Å²) < 4.78 is 10.2. The zero-order chi connectivity index (χ0) is 14.3. The van der Waals surface area contributed by atoms with Crippen molar-refractivity contribution in [2.45, 2.75) is 12.5 Å². The molecule has 0 aliphatic carbocycles. The number of nitrogens with one attached hydrogen (secondary N) is 1. The van der Waals surface area contributed by atoms with Gasteiger partial charge in [-0.3, -0.25) is 4.79 Å². The minimum Gasteiger partial charge on any atom is -0.496 e. The van der Waals surface area contributed by atoms with E-state index < -0.39 is 0 Å². The Morgan fingerprint density at radius 3 is 2.74 bits per heavy atom. The van der Waals surface area contributed by atoms with E-state index in [0.717, 1.165) is 0 Å². The Morgan fingerprint density at radius 1 is 1.42 bits per heavy atom. The second-order valence-corrected chi connectivity index (χ2v) is 4.76. The highest BCUT2D eigenvalue weighted by molar-refractivity contribution is 6.30. The van der Waals surface area contributed by atoms with Crippen molar-refractivity contribution < 1.29 is 14.3 Å². The van der Waals surface area contributed by atoms with Crippen molar-refractivity contribution in [2.24, 2.45) is 0 Å². The highest BCUT2D eigenvalue weighted by Crippen LogP contribution is 2.23. The summed E-state index contributed by atoms with van der Waals surface area (Å²) in [5, 5.41) is 3.37. The molecule has 0 aromatic heterocycles. The van der Waals surface area contributed by atoms with Gasteiger partial charge in [0.05, 0.1) is 25.3 Å². The average Bonchev–Trinajstić information content (AvgIpc) is 2.38. The number of hydrogen-bond acceptors (Lipinski definition) is 3. The minimum absolute atomic E-state index is 0.129. The molecule has 0 saturated carbocycles. The largest absolute Gasteiger partial charge is 0.496 e. The number of benzene rings is 1. The Hall–Kier alpha value is -0.970. The van der Waals surface area contributed by atoms with Crippen LogP contribution in [-0.4, -0.2) is 38.7 Å². The van der Waals surface area contributed by atoms with E-state index in [1.54, 1.807) is 25.3 Å². The molecule has 4 nitrogen and oxygen atoms in total. The molecule has 0 aliphatic rings. The summed E-state index contributed by atoms with van der Waals surface area (Å²) in [6.45, 7) is 0.411. The summed E-state index contributed by atoms with van der Waals surface area (Å²) in [7, 11) is 3.07. The van der Waals surface area contributed by atoms with Crippen LogP contribution >= 0.6 is 23.2 Å². The molecule has 0 spiro atoms. The lowest BCUT2D eigenvalue weighted by molar-refractivity contribution is 0.0892. The smallest absolute Gasteiger partial charge is 0.255 e. The summed E-state index contributed by atoms with van der Waals surface area (Å²) in [5.41, 5.74) is 0.433. The topological polar surface area (TPSA) is 47.6 Å². The van der Waals surface area contributed by atoms with Gasteiger partial charge in [0.2, 0.25) is 0 Å². The first-order valence-corrected chi connectivity index (χ1v) is 6.73. The molecular weight excluding hydrogens is 289 g/mol. The van der Waals surface area contributed by atoms with Gasteiger partial charge in [-0.05, 0) is 24.6 Å². The van der Waals surface area contributed by atoms with Crippen molar-refractivity contribution in [2.75, 3.05) is 26.7 Å². The first-order chi connectivity index (χ1) is 9.12.